The van der Waals surface area contributed by atoms with Crippen LogP contribution in [0.5, 0.6) is 0 Å². The molecule has 7 unspecified atom stereocenters. The van der Waals surface area contributed by atoms with E-state index in [1.807, 2.05) is 20.8 Å². The van der Waals surface area contributed by atoms with Crippen LogP contribution in [0.2, 0.25) is 0 Å². The third-order valence-corrected chi connectivity index (χ3v) is 13.6. The lowest BCUT2D eigenvalue weighted by Crippen LogP contribution is -2.55. The van der Waals surface area contributed by atoms with Gasteiger partial charge in [-0.05, 0) is 69.6 Å². The summed E-state index contributed by atoms with van der Waals surface area (Å²) < 4.78 is 82.5. The monoisotopic (exact) mass is 757 g/mol. The maximum Gasteiger partial charge on any atom is 0.225 e. The molecule has 0 aliphatic heterocycles. The van der Waals surface area contributed by atoms with Gasteiger partial charge in [-0.2, -0.15) is 0 Å². The summed E-state index contributed by atoms with van der Waals surface area (Å²) in [5.74, 6) is -3.09. The van der Waals surface area contributed by atoms with Gasteiger partial charge in [0.05, 0.1) is 23.1 Å². The Bertz CT molecular complexity index is 1260. The number of hydrazine groups is 1. The number of amides is 2. The van der Waals surface area contributed by atoms with Gasteiger partial charge in [-0.25, -0.2) is 34.9 Å². The lowest BCUT2D eigenvalue weighted by molar-refractivity contribution is -0.138. The highest BCUT2D eigenvalue weighted by molar-refractivity contribution is 7.89. The number of sulfonamides is 2. The van der Waals surface area contributed by atoms with E-state index in [1.54, 1.807) is 18.7 Å². The Morgan fingerprint density at radius 3 is 1.94 bits per heavy atom. The van der Waals surface area contributed by atoms with Crippen LogP contribution in [0.15, 0.2) is 0 Å². The van der Waals surface area contributed by atoms with Gasteiger partial charge in [0.25, 0.3) is 0 Å². The molecule has 294 valence electrons. The summed E-state index contributed by atoms with van der Waals surface area (Å²) in [5, 5.41) is 14.9. The van der Waals surface area contributed by atoms with Gasteiger partial charge >= 0.3 is 0 Å². The van der Waals surface area contributed by atoms with Crippen molar-refractivity contribution >= 4 is 31.9 Å². The molecule has 2 aliphatic rings. The molecule has 0 aromatic heterocycles. The molecule has 0 aromatic rings. The van der Waals surface area contributed by atoms with E-state index in [9.17, 15) is 40.3 Å². The molecule has 2 saturated carbocycles. The molecular formula is C34H65F2N5O7S2. The van der Waals surface area contributed by atoms with E-state index in [0.717, 1.165) is 23.6 Å². The number of aliphatic hydroxyl groups is 1. The van der Waals surface area contributed by atoms with E-state index >= 15 is 0 Å². The van der Waals surface area contributed by atoms with E-state index in [-0.39, 0.29) is 75.6 Å². The van der Waals surface area contributed by atoms with Crippen LogP contribution in [-0.2, 0) is 29.6 Å². The van der Waals surface area contributed by atoms with Crippen molar-refractivity contribution in [3.05, 3.63) is 0 Å². The Hall–Kier alpha value is -1.46. The highest BCUT2D eigenvalue weighted by Crippen LogP contribution is 2.36. The second-order valence-corrected chi connectivity index (χ2v) is 19.3. The fraction of sp³-hybridized carbons (Fsp3) is 0.941. The molecule has 0 saturated heterocycles. The largest absolute Gasteiger partial charge is 0.390 e. The molecule has 2 fully saturated rings. The third kappa shape index (κ3) is 14.2. The maximum absolute atomic E-state index is 14.5. The quantitative estimate of drug-likeness (QED) is 0.150. The molecule has 0 spiro atoms. The van der Waals surface area contributed by atoms with Crippen molar-refractivity contribution < 1.29 is 40.3 Å². The molecular weight excluding hydrogens is 693 g/mol. The van der Waals surface area contributed by atoms with Crippen LogP contribution in [0.3, 0.4) is 0 Å². The zero-order valence-corrected chi connectivity index (χ0v) is 33.0. The number of alkyl halides is 2. The van der Waals surface area contributed by atoms with Gasteiger partial charge in [-0.3, -0.25) is 9.59 Å². The van der Waals surface area contributed by atoms with Crippen molar-refractivity contribution in [1.29, 1.82) is 0 Å². The summed E-state index contributed by atoms with van der Waals surface area (Å²) in [6.45, 7) is 10.5. The van der Waals surface area contributed by atoms with Crippen LogP contribution in [-0.4, -0.2) is 124 Å². The fourth-order valence-electron chi connectivity index (χ4n) is 7.36. The first-order valence-corrected chi connectivity index (χ1v) is 21.7. The highest BCUT2D eigenvalue weighted by Gasteiger charge is 2.44. The molecule has 2 amide bonds. The van der Waals surface area contributed by atoms with Crippen molar-refractivity contribution in [2.24, 2.45) is 23.7 Å². The lowest BCUT2D eigenvalue weighted by Gasteiger charge is -2.38. The SMILES string of the molecule is CCCCN(CC(O)C(CC1CC(F)CC(F)C1)NC(=O)C1CC(C(=O)N(CCC)CCC)CC(S(=O)(=O)N(C)C)C1)NS(=O)(=O)CC(C)C. The zero-order valence-electron chi connectivity index (χ0n) is 31.3. The van der Waals surface area contributed by atoms with Gasteiger partial charge in [0.2, 0.25) is 31.9 Å². The summed E-state index contributed by atoms with van der Waals surface area (Å²) in [6, 6.07) is -1.01. The van der Waals surface area contributed by atoms with Gasteiger partial charge in [0.15, 0.2) is 0 Å². The van der Waals surface area contributed by atoms with Crippen molar-refractivity contribution in [3.8, 4) is 0 Å². The van der Waals surface area contributed by atoms with Gasteiger partial charge < -0.3 is 15.3 Å². The van der Waals surface area contributed by atoms with E-state index in [0.29, 0.717) is 19.5 Å². The molecule has 12 nitrogen and oxygen atoms in total. The van der Waals surface area contributed by atoms with E-state index in [1.165, 1.54) is 19.1 Å². The first kappa shape index (κ1) is 44.7. The Morgan fingerprint density at radius 2 is 1.42 bits per heavy atom. The second-order valence-electron chi connectivity index (χ2n) is 15.1. The third-order valence-electron chi connectivity index (χ3n) is 9.69. The summed E-state index contributed by atoms with van der Waals surface area (Å²) in [7, 11) is -4.74. The molecule has 0 bridgehead atoms. The number of rotatable bonds is 21. The van der Waals surface area contributed by atoms with Gasteiger partial charge in [-0.1, -0.05) is 41.0 Å². The minimum Gasteiger partial charge on any atom is -0.390 e. The topological polar surface area (TPSA) is 156 Å². The van der Waals surface area contributed by atoms with Crippen LogP contribution in [0.25, 0.3) is 0 Å². The Kier molecular flexibility index (Phi) is 18.5. The summed E-state index contributed by atoms with van der Waals surface area (Å²) >= 11 is 0. The molecule has 3 N–H and O–H groups in total. The number of hydrogen-bond acceptors (Lipinski definition) is 8. The van der Waals surface area contributed by atoms with Crippen LogP contribution < -0.4 is 10.1 Å². The molecule has 2 aliphatic carbocycles. The number of nitrogens with zero attached hydrogens (tertiary/aromatic N) is 3. The van der Waals surface area contributed by atoms with E-state index < -0.39 is 73.4 Å². The predicted octanol–water partition coefficient (Wildman–Crippen LogP) is 3.62. The van der Waals surface area contributed by atoms with E-state index in [2.05, 4.69) is 10.1 Å². The number of unbranched alkanes of at least 4 members (excludes halogenated alkanes) is 1. The first-order chi connectivity index (χ1) is 23.3. The van der Waals surface area contributed by atoms with Crippen molar-refractivity contribution in [1.82, 2.24) is 24.4 Å². The second kappa shape index (κ2) is 20.7. The maximum atomic E-state index is 14.5. The molecule has 16 heteroatoms. The van der Waals surface area contributed by atoms with Crippen LogP contribution >= 0.6 is 0 Å². The van der Waals surface area contributed by atoms with Crippen LogP contribution in [0, 0.1) is 23.7 Å². The summed E-state index contributed by atoms with van der Waals surface area (Å²) in [5.41, 5.74) is 0. The Labute approximate surface area is 300 Å². The minimum absolute atomic E-state index is 0.0271. The lowest BCUT2D eigenvalue weighted by atomic mass is 9.79. The average molecular weight is 758 g/mol. The summed E-state index contributed by atoms with van der Waals surface area (Å²) in [6.07, 6.45) is -1.08. The normalized spacial score (nSPS) is 26.3. The van der Waals surface area contributed by atoms with Gasteiger partial charge in [0, 0.05) is 58.5 Å². The smallest absolute Gasteiger partial charge is 0.225 e. The Balaban J connectivity index is 2.42. The van der Waals surface area contributed by atoms with Crippen molar-refractivity contribution in [2.75, 3.05) is 46.0 Å². The number of hydrogen-bond donors (Lipinski definition) is 3. The molecule has 0 radical (unpaired) electrons. The van der Waals surface area contributed by atoms with Crippen molar-refractivity contribution in [3.63, 3.8) is 0 Å². The highest BCUT2D eigenvalue weighted by atomic mass is 32.2. The number of halogens is 2. The van der Waals surface area contributed by atoms with Crippen molar-refractivity contribution in [2.45, 2.75) is 135 Å². The molecule has 2 rings (SSSR count). The average Bonchev–Trinajstić information content (AvgIpc) is 3.01. The standard InChI is InChI=1S/C34H65F2N5O7S2/c1-8-11-14-41(38-49(45,46)23-24(4)5)22-32(42)31(17-25-15-28(35)21-29(36)16-25)37-33(43)26-18-27(34(44)40(12-9-2)13-10-3)20-30(19-26)50(47,48)39(6)7/h24-32,38,42H,8-23H2,1-7H3,(H,37,43). The molecule has 50 heavy (non-hydrogen) atoms. The van der Waals surface area contributed by atoms with Gasteiger partial charge in [-0.15, -0.1) is 4.83 Å². The number of aliphatic hydroxyl groups excluding tert-OH is 1. The zero-order chi connectivity index (χ0) is 37.8. The number of carbonyl (C=O) groups excluding carboxylic acids is 2. The van der Waals surface area contributed by atoms with E-state index in [4.69, 9.17) is 0 Å². The molecule has 7 atom stereocenters. The van der Waals surface area contributed by atoms with Crippen LogP contribution in [0.1, 0.15) is 105 Å². The van der Waals surface area contributed by atoms with Gasteiger partial charge in [0.1, 0.15) is 12.3 Å². The minimum atomic E-state index is -3.84. The fourth-order valence-corrected chi connectivity index (χ4v) is 10.4. The summed E-state index contributed by atoms with van der Waals surface area (Å²) in [4.78, 5) is 32.1. The molecule has 0 aromatic carbocycles. The predicted molar refractivity (Wildman–Crippen MR) is 192 cm³/mol. The number of carbonyl (C=O) groups is 2. The Morgan fingerprint density at radius 1 is 0.840 bits per heavy atom. The van der Waals surface area contributed by atoms with Crippen LogP contribution in [0.4, 0.5) is 8.78 Å². The number of nitrogens with one attached hydrogen (secondary N) is 2. The first-order valence-electron chi connectivity index (χ1n) is 18.5. The molecule has 0 heterocycles.